The standard InChI is InChI=1S/C39H47BrN6O8/c1-4-6-18-30(48)41-28(23-52-3)33(25-14-8-7-9-15-25)53-38(51)31-32-36(49)45(20-12-13-21-47)35(39(32)22-26(40)34(31)54-39)37(50)44(19-5-2)24-46-29-17-11-10-16-27(29)42-43-46/h4-5,7-11,14-17,26,28,31-35,47H,1-2,6,12-13,18-24H2,3H3,(H,41,48)/t26?,28-,31-,32+,33-,34-,35-,39+/m1/s1. The summed E-state index contributed by atoms with van der Waals surface area (Å²) in [4.78, 5) is 59.8. The summed E-state index contributed by atoms with van der Waals surface area (Å²) in [7, 11) is 1.50. The first-order valence-corrected chi connectivity index (χ1v) is 19.2. The second-order valence-electron chi connectivity index (χ2n) is 13.9. The summed E-state index contributed by atoms with van der Waals surface area (Å²) >= 11 is 3.74. The number of hydrogen-bond acceptors (Lipinski definition) is 10. The second kappa shape index (κ2) is 17.4. The highest BCUT2D eigenvalue weighted by Gasteiger charge is 2.77. The van der Waals surface area contributed by atoms with E-state index >= 15 is 0 Å². The monoisotopic (exact) mass is 806 g/mol. The van der Waals surface area contributed by atoms with Crippen LogP contribution in [0.5, 0.6) is 0 Å². The minimum Gasteiger partial charge on any atom is -0.455 e. The molecule has 15 heteroatoms. The van der Waals surface area contributed by atoms with Crippen LogP contribution in [-0.2, 0) is 40.1 Å². The molecule has 0 aliphatic carbocycles. The normalized spacial score (nSPS) is 25.3. The molecule has 1 aromatic heterocycles. The van der Waals surface area contributed by atoms with E-state index in [1.807, 2.05) is 42.5 Å². The third-order valence-corrected chi connectivity index (χ3v) is 11.3. The quantitative estimate of drug-likeness (QED) is 0.0795. The second-order valence-corrected chi connectivity index (χ2v) is 15.1. The molecular formula is C39H47BrN6O8. The highest BCUT2D eigenvalue weighted by molar-refractivity contribution is 9.09. The third-order valence-electron chi connectivity index (χ3n) is 10.5. The van der Waals surface area contributed by atoms with Gasteiger partial charge in [0.05, 0.1) is 36.1 Å². The van der Waals surface area contributed by atoms with Gasteiger partial charge in [0, 0.05) is 38.1 Å². The number of methoxy groups -OCH3 is 1. The summed E-state index contributed by atoms with van der Waals surface area (Å²) in [5, 5.41) is 21.1. The maximum Gasteiger partial charge on any atom is 0.313 e. The van der Waals surface area contributed by atoms with Crippen LogP contribution in [-0.4, -0.2) is 116 Å². The van der Waals surface area contributed by atoms with Gasteiger partial charge >= 0.3 is 5.97 Å². The number of nitrogens with one attached hydrogen (secondary N) is 1. The summed E-state index contributed by atoms with van der Waals surface area (Å²) < 4.78 is 20.2. The highest BCUT2D eigenvalue weighted by atomic mass is 79.9. The zero-order valence-electron chi connectivity index (χ0n) is 30.3. The van der Waals surface area contributed by atoms with Crippen LogP contribution in [0.3, 0.4) is 0 Å². The number of halogens is 1. The topological polar surface area (TPSA) is 165 Å². The first kappa shape index (κ1) is 39.3. The molecule has 3 aromatic rings. The number of rotatable bonds is 19. The molecule has 2 N–H and O–H groups in total. The van der Waals surface area contributed by atoms with E-state index in [0.717, 1.165) is 5.52 Å². The van der Waals surface area contributed by atoms with Gasteiger partial charge in [0.15, 0.2) is 0 Å². The number of aliphatic hydroxyl groups is 1. The molecule has 0 saturated carbocycles. The molecular weight excluding hydrogens is 760 g/mol. The number of aliphatic hydroxyl groups excluding tert-OH is 1. The number of unbranched alkanes of at least 4 members (excludes halogenated alkanes) is 1. The lowest BCUT2D eigenvalue weighted by molar-refractivity contribution is -0.163. The SMILES string of the molecule is C=CCCC(=O)N[C@H](COC)[C@H](OC(=O)[C@H]1[C@@H]2O[C@@]3(CC2Br)[C@@H]1C(=O)N(CCCCO)[C@@H]3C(=O)N(CC=C)Cn1nnc2ccccc21)c1ccccc1. The van der Waals surface area contributed by atoms with Crippen molar-refractivity contribution in [2.24, 2.45) is 11.8 Å². The Morgan fingerprint density at radius 1 is 1.15 bits per heavy atom. The Balaban J connectivity index is 1.34. The van der Waals surface area contributed by atoms with E-state index in [-0.39, 0.29) is 61.9 Å². The Morgan fingerprint density at radius 3 is 2.63 bits per heavy atom. The Bertz CT molecular complexity index is 1840. The minimum atomic E-state index is -1.35. The number of nitrogens with zero attached hydrogens (tertiary/aromatic N) is 5. The highest BCUT2D eigenvalue weighted by Crippen LogP contribution is 2.60. The van der Waals surface area contributed by atoms with Gasteiger partial charge in [-0.15, -0.1) is 18.3 Å². The average molecular weight is 808 g/mol. The Kier molecular flexibility index (Phi) is 12.6. The number of benzene rings is 2. The summed E-state index contributed by atoms with van der Waals surface area (Å²) in [5.74, 6) is -3.79. The first-order chi connectivity index (χ1) is 26.2. The number of fused-ring (bicyclic) bond motifs is 2. The fourth-order valence-corrected chi connectivity index (χ4v) is 9.11. The van der Waals surface area contributed by atoms with Crippen LogP contribution >= 0.6 is 15.9 Å². The molecule has 4 heterocycles. The van der Waals surface area contributed by atoms with Gasteiger partial charge in [0.2, 0.25) is 17.7 Å². The van der Waals surface area contributed by atoms with Crippen molar-refractivity contribution >= 4 is 50.7 Å². The molecule has 3 fully saturated rings. The Hall–Kier alpha value is -4.44. The molecule has 54 heavy (non-hydrogen) atoms. The number of ether oxygens (including phenoxy) is 3. The zero-order valence-corrected chi connectivity index (χ0v) is 31.9. The van der Waals surface area contributed by atoms with Crippen molar-refractivity contribution in [1.29, 1.82) is 0 Å². The fraction of sp³-hybridized carbons (Fsp3) is 0.487. The van der Waals surface area contributed by atoms with Crippen LogP contribution in [0.15, 0.2) is 79.9 Å². The summed E-state index contributed by atoms with van der Waals surface area (Å²) in [6, 6.07) is 14.6. The maximum absolute atomic E-state index is 14.9. The lowest BCUT2D eigenvalue weighted by Gasteiger charge is -2.37. The molecule has 0 radical (unpaired) electrons. The van der Waals surface area contributed by atoms with E-state index in [0.29, 0.717) is 36.8 Å². The van der Waals surface area contributed by atoms with Gasteiger partial charge in [0.25, 0.3) is 0 Å². The van der Waals surface area contributed by atoms with Crippen LogP contribution < -0.4 is 5.32 Å². The molecule has 2 aromatic carbocycles. The van der Waals surface area contributed by atoms with E-state index in [4.69, 9.17) is 14.2 Å². The number of likely N-dealkylation sites (tertiary alicyclic amines) is 1. The van der Waals surface area contributed by atoms with E-state index < -0.39 is 47.7 Å². The zero-order chi connectivity index (χ0) is 38.4. The largest absolute Gasteiger partial charge is 0.455 e. The third kappa shape index (κ3) is 7.59. The van der Waals surface area contributed by atoms with Crippen LogP contribution in [0, 0.1) is 11.8 Å². The van der Waals surface area contributed by atoms with E-state index in [9.17, 15) is 24.3 Å². The molecule has 3 aliphatic rings. The number of aromatic nitrogens is 3. The Morgan fingerprint density at radius 2 is 1.91 bits per heavy atom. The van der Waals surface area contributed by atoms with Crippen LogP contribution in [0.2, 0.25) is 0 Å². The van der Waals surface area contributed by atoms with E-state index in [1.165, 1.54) is 12.0 Å². The molecule has 3 amide bonds. The van der Waals surface area contributed by atoms with Gasteiger partial charge in [0.1, 0.15) is 29.9 Å². The number of alkyl halides is 1. The van der Waals surface area contributed by atoms with Crippen molar-refractivity contribution in [2.45, 2.75) is 73.5 Å². The molecule has 1 spiro atoms. The lowest BCUT2D eigenvalue weighted by Crippen LogP contribution is -2.57. The molecule has 8 atom stereocenters. The van der Waals surface area contributed by atoms with E-state index in [2.05, 4.69) is 44.7 Å². The van der Waals surface area contributed by atoms with E-state index in [1.54, 1.807) is 33.9 Å². The fourth-order valence-electron chi connectivity index (χ4n) is 8.17. The van der Waals surface area contributed by atoms with Crippen LogP contribution in [0.4, 0.5) is 0 Å². The molecule has 14 nitrogen and oxygen atoms in total. The predicted octanol–water partition coefficient (Wildman–Crippen LogP) is 3.31. The Labute approximate surface area is 322 Å². The van der Waals surface area contributed by atoms with Crippen molar-refractivity contribution in [2.75, 3.05) is 33.4 Å². The van der Waals surface area contributed by atoms with Gasteiger partial charge in [-0.2, -0.15) is 0 Å². The molecule has 2 bridgehead atoms. The molecule has 1 unspecified atom stereocenters. The minimum absolute atomic E-state index is 0.0338. The van der Waals surface area contributed by atoms with Crippen LogP contribution in [0.25, 0.3) is 11.0 Å². The molecule has 3 saturated heterocycles. The molecule has 6 rings (SSSR count). The molecule has 3 aliphatic heterocycles. The van der Waals surface area contributed by atoms with Gasteiger partial charge in [-0.1, -0.05) is 75.8 Å². The number of allylic oxidation sites excluding steroid dienone is 1. The smallest absolute Gasteiger partial charge is 0.313 e. The van der Waals surface area contributed by atoms with Gasteiger partial charge in [-0.25, -0.2) is 4.68 Å². The summed E-state index contributed by atoms with van der Waals surface area (Å²) in [6.07, 6.45) is 3.33. The summed E-state index contributed by atoms with van der Waals surface area (Å²) in [6.45, 7) is 7.89. The lowest BCUT2D eigenvalue weighted by atomic mass is 9.70. The maximum atomic E-state index is 14.9. The van der Waals surface area contributed by atoms with Crippen molar-refractivity contribution in [1.82, 2.24) is 30.1 Å². The molecule has 288 valence electrons. The number of amides is 3. The van der Waals surface area contributed by atoms with Gasteiger partial charge in [-0.05, 0) is 43.4 Å². The van der Waals surface area contributed by atoms with Crippen molar-refractivity contribution in [3.8, 4) is 0 Å². The first-order valence-electron chi connectivity index (χ1n) is 18.2. The number of carbonyl (C=O) groups is 4. The van der Waals surface area contributed by atoms with Gasteiger partial charge in [-0.3, -0.25) is 19.2 Å². The number of para-hydroxylation sites is 1. The van der Waals surface area contributed by atoms with Crippen molar-refractivity contribution in [3.63, 3.8) is 0 Å². The van der Waals surface area contributed by atoms with Crippen molar-refractivity contribution in [3.05, 3.63) is 85.5 Å². The summed E-state index contributed by atoms with van der Waals surface area (Å²) in [5.41, 5.74) is 0.675. The predicted molar refractivity (Wildman–Crippen MR) is 202 cm³/mol. The average Bonchev–Trinajstić information content (AvgIpc) is 3.90. The van der Waals surface area contributed by atoms with Crippen molar-refractivity contribution < 1.29 is 38.5 Å². The van der Waals surface area contributed by atoms with Gasteiger partial charge < -0.3 is 34.4 Å². The number of hydrogen-bond donors (Lipinski definition) is 2. The van der Waals surface area contributed by atoms with Crippen LogP contribution in [0.1, 0.15) is 43.8 Å². The number of esters is 1. The number of carbonyl (C=O) groups excluding carboxylic acids is 4.